The number of fused-ring (bicyclic) bond motifs is 1. The second kappa shape index (κ2) is 6.23. The quantitative estimate of drug-likeness (QED) is 0.850. The maximum absolute atomic E-state index is 11.9. The van der Waals surface area contributed by atoms with Crippen LogP contribution in [0.2, 0.25) is 0 Å². The van der Waals surface area contributed by atoms with Gasteiger partial charge in [0.05, 0.1) is 0 Å². The largest absolute Gasteiger partial charge is 0.451 e. The number of benzene rings is 1. The smallest absolute Gasteiger partial charge is 0.355 e. The number of H-pyrrole nitrogens is 1. The number of ether oxygens (including phenoxy) is 1. The Morgan fingerprint density at radius 3 is 2.55 bits per heavy atom. The standard InChI is InChI=1S/C15H18N2O3/c1-3-17(4-2)14(18)10-20-15(19)13-9-11-7-5-6-8-12(11)16-13/h5-9,16H,3-4,10H2,1-2H3. The van der Waals surface area contributed by atoms with Crippen LogP contribution in [-0.4, -0.2) is 41.5 Å². The lowest BCUT2D eigenvalue weighted by Gasteiger charge is -2.17. The third-order valence-electron chi connectivity index (χ3n) is 3.19. The molecule has 106 valence electrons. The fourth-order valence-electron chi connectivity index (χ4n) is 2.06. The Morgan fingerprint density at radius 1 is 1.20 bits per heavy atom. The van der Waals surface area contributed by atoms with E-state index in [1.54, 1.807) is 11.0 Å². The normalized spacial score (nSPS) is 10.5. The van der Waals surface area contributed by atoms with Crippen molar-refractivity contribution in [3.8, 4) is 0 Å². The van der Waals surface area contributed by atoms with Crippen molar-refractivity contribution >= 4 is 22.8 Å². The zero-order valence-electron chi connectivity index (χ0n) is 11.7. The predicted molar refractivity (Wildman–Crippen MR) is 76.5 cm³/mol. The molecule has 0 bridgehead atoms. The van der Waals surface area contributed by atoms with E-state index < -0.39 is 5.97 Å². The van der Waals surface area contributed by atoms with Crippen molar-refractivity contribution in [3.63, 3.8) is 0 Å². The van der Waals surface area contributed by atoms with Crippen molar-refractivity contribution in [1.82, 2.24) is 9.88 Å². The first-order chi connectivity index (χ1) is 9.65. The summed E-state index contributed by atoms with van der Waals surface area (Å²) in [6, 6.07) is 9.30. The van der Waals surface area contributed by atoms with Crippen LogP contribution < -0.4 is 0 Å². The number of nitrogens with zero attached hydrogens (tertiary/aromatic N) is 1. The monoisotopic (exact) mass is 274 g/mol. The van der Waals surface area contributed by atoms with Gasteiger partial charge in [-0.2, -0.15) is 0 Å². The molecule has 0 saturated carbocycles. The highest BCUT2D eigenvalue weighted by molar-refractivity contribution is 5.95. The number of para-hydroxylation sites is 1. The van der Waals surface area contributed by atoms with E-state index in [9.17, 15) is 9.59 Å². The summed E-state index contributed by atoms with van der Waals surface area (Å²) >= 11 is 0. The summed E-state index contributed by atoms with van der Waals surface area (Å²) in [4.78, 5) is 28.2. The van der Waals surface area contributed by atoms with Crippen LogP contribution in [0.1, 0.15) is 24.3 Å². The molecule has 0 spiro atoms. The summed E-state index contributed by atoms with van der Waals surface area (Å²) in [5.41, 5.74) is 1.23. The molecule has 1 aromatic heterocycles. The Hall–Kier alpha value is -2.30. The van der Waals surface area contributed by atoms with E-state index in [0.717, 1.165) is 10.9 Å². The van der Waals surface area contributed by atoms with Gasteiger partial charge in [-0.25, -0.2) is 4.79 Å². The van der Waals surface area contributed by atoms with E-state index in [4.69, 9.17) is 4.74 Å². The number of carbonyl (C=O) groups is 2. The molecule has 5 heteroatoms. The molecule has 0 saturated heterocycles. The lowest BCUT2D eigenvalue weighted by Crippen LogP contribution is -2.34. The van der Waals surface area contributed by atoms with Crippen LogP contribution in [0.4, 0.5) is 0 Å². The number of nitrogens with one attached hydrogen (secondary N) is 1. The molecule has 0 fully saturated rings. The number of carbonyl (C=O) groups excluding carboxylic acids is 2. The first kappa shape index (κ1) is 14.1. The van der Waals surface area contributed by atoms with Crippen LogP contribution in [0, 0.1) is 0 Å². The van der Waals surface area contributed by atoms with Crippen molar-refractivity contribution in [2.75, 3.05) is 19.7 Å². The number of amides is 1. The molecule has 5 nitrogen and oxygen atoms in total. The molecule has 1 aromatic carbocycles. The number of esters is 1. The second-order valence-electron chi connectivity index (χ2n) is 4.41. The minimum absolute atomic E-state index is 0.181. The lowest BCUT2D eigenvalue weighted by molar-refractivity contribution is -0.134. The van der Waals surface area contributed by atoms with Gasteiger partial charge in [-0.05, 0) is 26.0 Å². The molecule has 0 radical (unpaired) electrons. The van der Waals surface area contributed by atoms with Gasteiger partial charge in [0.15, 0.2) is 6.61 Å². The average molecular weight is 274 g/mol. The molecule has 1 heterocycles. The topological polar surface area (TPSA) is 62.4 Å². The zero-order chi connectivity index (χ0) is 14.5. The molecule has 1 N–H and O–H groups in total. The Labute approximate surface area is 117 Å². The predicted octanol–water partition coefficient (Wildman–Crippen LogP) is 2.19. The molecule has 0 aliphatic heterocycles. The third kappa shape index (κ3) is 2.99. The van der Waals surface area contributed by atoms with Crippen LogP contribution in [0.3, 0.4) is 0 Å². The number of rotatable bonds is 5. The number of likely N-dealkylation sites (N-methyl/N-ethyl adjacent to an activating group) is 1. The fourth-order valence-corrected chi connectivity index (χ4v) is 2.06. The van der Waals surface area contributed by atoms with E-state index in [-0.39, 0.29) is 12.5 Å². The number of hydrogen-bond acceptors (Lipinski definition) is 3. The lowest BCUT2D eigenvalue weighted by atomic mass is 10.2. The van der Waals surface area contributed by atoms with Gasteiger partial charge in [0.2, 0.25) is 0 Å². The van der Waals surface area contributed by atoms with E-state index in [1.165, 1.54) is 0 Å². The molecule has 2 rings (SSSR count). The van der Waals surface area contributed by atoms with E-state index in [0.29, 0.717) is 18.8 Å². The molecule has 0 atom stereocenters. The van der Waals surface area contributed by atoms with Gasteiger partial charge in [0.25, 0.3) is 5.91 Å². The second-order valence-corrected chi connectivity index (χ2v) is 4.41. The van der Waals surface area contributed by atoms with Crippen molar-refractivity contribution in [3.05, 3.63) is 36.0 Å². The maximum atomic E-state index is 11.9. The molecular formula is C15H18N2O3. The SMILES string of the molecule is CCN(CC)C(=O)COC(=O)c1cc2ccccc2[nH]1. The Morgan fingerprint density at radius 2 is 1.90 bits per heavy atom. The van der Waals surface area contributed by atoms with E-state index >= 15 is 0 Å². The van der Waals surface area contributed by atoms with Crippen LogP contribution in [0.15, 0.2) is 30.3 Å². The third-order valence-corrected chi connectivity index (χ3v) is 3.19. The fraction of sp³-hybridized carbons (Fsp3) is 0.333. The first-order valence-corrected chi connectivity index (χ1v) is 6.68. The highest BCUT2D eigenvalue weighted by Crippen LogP contribution is 2.15. The molecule has 1 amide bonds. The summed E-state index contributed by atoms with van der Waals surface area (Å²) in [6.45, 7) is 4.77. The Kier molecular flexibility index (Phi) is 4.40. The number of aromatic amines is 1. The van der Waals surface area contributed by atoms with Gasteiger partial charge in [0, 0.05) is 24.0 Å². The van der Waals surface area contributed by atoms with Gasteiger partial charge in [-0.3, -0.25) is 4.79 Å². The highest BCUT2D eigenvalue weighted by atomic mass is 16.5. The maximum Gasteiger partial charge on any atom is 0.355 e. The van der Waals surface area contributed by atoms with Gasteiger partial charge in [-0.15, -0.1) is 0 Å². The molecular weight excluding hydrogens is 256 g/mol. The highest BCUT2D eigenvalue weighted by Gasteiger charge is 2.15. The molecule has 0 aliphatic carbocycles. The molecule has 20 heavy (non-hydrogen) atoms. The van der Waals surface area contributed by atoms with Crippen molar-refractivity contribution in [1.29, 1.82) is 0 Å². The van der Waals surface area contributed by atoms with Crippen LogP contribution in [-0.2, 0) is 9.53 Å². The molecule has 0 unspecified atom stereocenters. The zero-order valence-corrected chi connectivity index (χ0v) is 11.7. The first-order valence-electron chi connectivity index (χ1n) is 6.68. The van der Waals surface area contributed by atoms with Crippen molar-refractivity contribution in [2.24, 2.45) is 0 Å². The molecule has 0 aliphatic rings. The summed E-state index contributed by atoms with van der Waals surface area (Å²) in [5, 5.41) is 0.939. The van der Waals surface area contributed by atoms with Gasteiger partial charge in [0.1, 0.15) is 5.69 Å². The van der Waals surface area contributed by atoms with Crippen molar-refractivity contribution < 1.29 is 14.3 Å². The van der Waals surface area contributed by atoms with E-state index in [1.807, 2.05) is 38.1 Å². The Balaban J connectivity index is 2.00. The van der Waals surface area contributed by atoms with Gasteiger partial charge < -0.3 is 14.6 Å². The van der Waals surface area contributed by atoms with Crippen LogP contribution >= 0.6 is 0 Å². The van der Waals surface area contributed by atoms with Crippen LogP contribution in [0.25, 0.3) is 10.9 Å². The van der Waals surface area contributed by atoms with E-state index in [2.05, 4.69) is 4.98 Å². The Bertz CT molecular complexity index is 581. The summed E-state index contributed by atoms with van der Waals surface area (Å²) in [5.74, 6) is -0.693. The summed E-state index contributed by atoms with van der Waals surface area (Å²) < 4.78 is 5.04. The molecule has 2 aromatic rings. The average Bonchev–Trinajstić information content (AvgIpc) is 2.90. The number of hydrogen-bond donors (Lipinski definition) is 1. The van der Waals surface area contributed by atoms with Crippen LogP contribution in [0.5, 0.6) is 0 Å². The summed E-state index contributed by atoms with van der Waals surface area (Å²) in [7, 11) is 0. The summed E-state index contributed by atoms with van der Waals surface area (Å²) in [6.07, 6.45) is 0. The number of aromatic nitrogens is 1. The van der Waals surface area contributed by atoms with Gasteiger partial charge >= 0.3 is 5.97 Å². The van der Waals surface area contributed by atoms with Crippen molar-refractivity contribution in [2.45, 2.75) is 13.8 Å². The minimum atomic E-state index is -0.512. The van der Waals surface area contributed by atoms with Gasteiger partial charge in [-0.1, -0.05) is 18.2 Å². The minimum Gasteiger partial charge on any atom is -0.451 e.